The van der Waals surface area contributed by atoms with Crippen LogP contribution in [0.25, 0.3) is 21.5 Å². The Morgan fingerprint density at radius 2 is 2.12 bits per heavy atom. The largest absolute Gasteiger partial charge is 0.493 e. The summed E-state index contributed by atoms with van der Waals surface area (Å²) in [6, 6.07) is 11.0. The standard InChI is InChI=1S/C17H12BrN5O2S/c1-8-2-5-14(26-8)12-7-13(21-20-12)16(24)23-22-15-10-6-9(18)3-4-11(10)19-17(15)25/h2-7,19,25H,1H3,(H,20,21). The van der Waals surface area contributed by atoms with E-state index in [0.29, 0.717) is 10.9 Å². The van der Waals surface area contributed by atoms with E-state index in [1.807, 2.05) is 25.1 Å². The van der Waals surface area contributed by atoms with Crippen molar-refractivity contribution < 1.29 is 9.90 Å². The second-order valence-electron chi connectivity index (χ2n) is 5.59. The quantitative estimate of drug-likeness (QED) is 0.383. The number of aromatic nitrogens is 3. The second-order valence-corrected chi connectivity index (χ2v) is 7.80. The molecular weight excluding hydrogens is 418 g/mol. The number of carbonyl (C=O) groups excluding carboxylic acids is 1. The zero-order chi connectivity index (χ0) is 18.3. The normalized spacial score (nSPS) is 11.6. The highest BCUT2D eigenvalue weighted by atomic mass is 79.9. The highest BCUT2D eigenvalue weighted by Gasteiger charge is 2.14. The summed E-state index contributed by atoms with van der Waals surface area (Å²) >= 11 is 4.98. The third kappa shape index (κ3) is 3.06. The lowest BCUT2D eigenvalue weighted by atomic mass is 10.2. The van der Waals surface area contributed by atoms with Crippen molar-refractivity contribution in [1.82, 2.24) is 15.2 Å². The summed E-state index contributed by atoms with van der Waals surface area (Å²) in [5.74, 6) is -0.740. The van der Waals surface area contributed by atoms with Crippen molar-refractivity contribution in [1.29, 1.82) is 0 Å². The van der Waals surface area contributed by atoms with Crippen LogP contribution in [-0.4, -0.2) is 26.2 Å². The first-order chi connectivity index (χ1) is 12.5. The summed E-state index contributed by atoms with van der Waals surface area (Å²) in [5.41, 5.74) is 1.82. The molecule has 0 radical (unpaired) electrons. The van der Waals surface area contributed by atoms with Gasteiger partial charge in [0.25, 0.3) is 0 Å². The first-order valence-corrected chi connectivity index (χ1v) is 9.20. The molecule has 130 valence electrons. The van der Waals surface area contributed by atoms with E-state index >= 15 is 0 Å². The van der Waals surface area contributed by atoms with Gasteiger partial charge in [0.15, 0.2) is 11.4 Å². The van der Waals surface area contributed by atoms with Gasteiger partial charge in [-0.3, -0.25) is 9.89 Å². The molecule has 9 heteroatoms. The SMILES string of the molecule is Cc1ccc(-c2cc(C(=O)N=Nc3c(O)[nH]c4ccc(Br)cc34)n[nH]2)s1. The number of aromatic amines is 2. The predicted octanol–water partition coefficient (Wildman–Crippen LogP) is 5.32. The number of carbonyl (C=O) groups is 1. The zero-order valence-electron chi connectivity index (χ0n) is 13.4. The van der Waals surface area contributed by atoms with Gasteiger partial charge in [-0.05, 0) is 43.3 Å². The van der Waals surface area contributed by atoms with Crippen LogP contribution in [0.1, 0.15) is 15.4 Å². The summed E-state index contributed by atoms with van der Waals surface area (Å²) in [5, 5.41) is 25.1. The van der Waals surface area contributed by atoms with E-state index in [4.69, 9.17) is 0 Å². The summed E-state index contributed by atoms with van der Waals surface area (Å²) in [7, 11) is 0. The Bertz CT molecular complexity index is 1160. The molecule has 1 amide bonds. The molecule has 0 saturated carbocycles. The van der Waals surface area contributed by atoms with Crippen LogP contribution < -0.4 is 0 Å². The van der Waals surface area contributed by atoms with E-state index < -0.39 is 5.91 Å². The molecule has 3 heterocycles. The van der Waals surface area contributed by atoms with Crippen molar-refractivity contribution in [2.24, 2.45) is 10.2 Å². The van der Waals surface area contributed by atoms with Crippen molar-refractivity contribution in [3.05, 3.63) is 51.4 Å². The number of azo groups is 1. The van der Waals surface area contributed by atoms with Gasteiger partial charge in [-0.2, -0.15) is 5.10 Å². The number of halogens is 1. The monoisotopic (exact) mass is 429 g/mol. The van der Waals surface area contributed by atoms with Gasteiger partial charge in [0.2, 0.25) is 5.88 Å². The molecule has 0 saturated heterocycles. The van der Waals surface area contributed by atoms with E-state index in [1.165, 1.54) is 4.88 Å². The average Bonchev–Trinajstić information content (AvgIpc) is 3.31. The highest BCUT2D eigenvalue weighted by Crippen LogP contribution is 2.37. The van der Waals surface area contributed by atoms with Crippen molar-refractivity contribution >= 4 is 49.8 Å². The van der Waals surface area contributed by atoms with E-state index in [2.05, 4.69) is 41.3 Å². The fourth-order valence-electron chi connectivity index (χ4n) is 2.52. The number of fused-ring (bicyclic) bond motifs is 1. The minimum absolute atomic E-state index is 0.147. The van der Waals surface area contributed by atoms with Gasteiger partial charge < -0.3 is 10.1 Å². The van der Waals surface area contributed by atoms with Gasteiger partial charge >= 0.3 is 5.91 Å². The smallest absolute Gasteiger partial charge is 0.315 e. The molecule has 0 bridgehead atoms. The second kappa shape index (κ2) is 6.50. The van der Waals surface area contributed by atoms with Gasteiger partial charge in [0, 0.05) is 14.7 Å². The van der Waals surface area contributed by atoms with E-state index in [0.717, 1.165) is 15.0 Å². The van der Waals surface area contributed by atoms with Crippen LogP contribution in [0.15, 0.2) is 51.1 Å². The molecule has 0 spiro atoms. The number of aryl methyl sites for hydroxylation is 1. The van der Waals surface area contributed by atoms with Gasteiger partial charge in [-0.15, -0.1) is 21.6 Å². The number of benzene rings is 1. The molecule has 0 unspecified atom stereocenters. The Morgan fingerprint density at radius 3 is 2.88 bits per heavy atom. The summed E-state index contributed by atoms with van der Waals surface area (Å²) in [6.07, 6.45) is 0. The number of nitrogens with one attached hydrogen (secondary N) is 2. The number of rotatable bonds is 3. The van der Waals surface area contributed by atoms with Gasteiger partial charge in [-0.25, -0.2) is 0 Å². The highest BCUT2D eigenvalue weighted by molar-refractivity contribution is 9.10. The van der Waals surface area contributed by atoms with Gasteiger partial charge in [-0.1, -0.05) is 15.9 Å². The number of amides is 1. The number of hydrogen-bond acceptors (Lipinski definition) is 5. The molecule has 26 heavy (non-hydrogen) atoms. The van der Waals surface area contributed by atoms with Crippen LogP contribution in [-0.2, 0) is 0 Å². The first-order valence-electron chi connectivity index (χ1n) is 7.60. The Hall–Kier alpha value is -2.78. The minimum atomic E-state index is -0.593. The molecule has 1 aromatic carbocycles. The molecule has 4 rings (SSSR count). The van der Waals surface area contributed by atoms with E-state index in [1.54, 1.807) is 29.5 Å². The predicted molar refractivity (Wildman–Crippen MR) is 103 cm³/mol. The van der Waals surface area contributed by atoms with E-state index in [9.17, 15) is 9.90 Å². The maximum atomic E-state index is 12.3. The average molecular weight is 430 g/mol. The number of H-pyrrole nitrogens is 2. The van der Waals surface area contributed by atoms with Gasteiger partial charge in [0.05, 0.1) is 16.1 Å². The molecule has 0 aliphatic carbocycles. The van der Waals surface area contributed by atoms with Crippen molar-refractivity contribution in [3.8, 4) is 16.5 Å². The Morgan fingerprint density at radius 1 is 1.27 bits per heavy atom. The first kappa shape index (κ1) is 16.7. The van der Waals surface area contributed by atoms with Crippen molar-refractivity contribution in [2.75, 3.05) is 0 Å². The van der Waals surface area contributed by atoms with Crippen LogP contribution >= 0.6 is 27.3 Å². The zero-order valence-corrected chi connectivity index (χ0v) is 15.8. The van der Waals surface area contributed by atoms with E-state index in [-0.39, 0.29) is 17.3 Å². The molecule has 3 N–H and O–H groups in total. The number of thiophene rings is 1. The van der Waals surface area contributed by atoms with Crippen LogP contribution in [0.2, 0.25) is 0 Å². The lowest BCUT2D eigenvalue weighted by Crippen LogP contribution is -1.93. The molecular formula is C17H12BrN5O2S. The number of aromatic hydroxyl groups is 1. The Labute approximate surface area is 159 Å². The lowest BCUT2D eigenvalue weighted by Gasteiger charge is -1.92. The lowest BCUT2D eigenvalue weighted by molar-refractivity contribution is 0.0990. The Kier molecular flexibility index (Phi) is 4.17. The molecule has 3 aromatic heterocycles. The third-order valence-electron chi connectivity index (χ3n) is 3.76. The van der Waals surface area contributed by atoms with Crippen molar-refractivity contribution in [3.63, 3.8) is 0 Å². The number of hydrogen-bond donors (Lipinski definition) is 3. The maximum absolute atomic E-state index is 12.3. The van der Waals surface area contributed by atoms with Crippen LogP contribution in [0.5, 0.6) is 5.88 Å². The molecule has 0 fully saturated rings. The maximum Gasteiger partial charge on any atom is 0.315 e. The fourth-order valence-corrected chi connectivity index (χ4v) is 3.72. The fraction of sp³-hybridized carbons (Fsp3) is 0.0588. The molecule has 0 aliphatic rings. The summed E-state index contributed by atoms with van der Waals surface area (Å²) in [4.78, 5) is 17.2. The molecule has 4 aromatic rings. The third-order valence-corrected chi connectivity index (χ3v) is 5.28. The van der Waals surface area contributed by atoms with Crippen LogP contribution in [0.4, 0.5) is 5.69 Å². The Balaban J connectivity index is 1.62. The molecule has 7 nitrogen and oxygen atoms in total. The molecule has 0 atom stereocenters. The van der Waals surface area contributed by atoms with Crippen LogP contribution in [0, 0.1) is 6.92 Å². The summed E-state index contributed by atoms with van der Waals surface area (Å²) in [6.45, 7) is 2.01. The van der Waals surface area contributed by atoms with Crippen LogP contribution in [0.3, 0.4) is 0 Å². The summed E-state index contributed by atoms with van der Waals surface area (Å²) < 4.78 is 0.829. The number of nitrogens with zero attached hydrogens (tertiary/aromatic N) is 3. The topological polar surface area (TPSA) is 106 Å². The van der Waals surface area contributed by atoms with Crippen molar-refractivity contribution in [2.45, 2.75) is 6.92 Å². The minimum Gasteiger partial charge on any atom is -0.493 e. The van der Waals surface area contributed by atoms with Gasteiger partial charge in [0.1, 0.15) is 0 Å². The molecule has 0 aliphatic heterocycles.